The minimum atomic E-state index is 0.612. The van der Waals surface area contributed by atoms with Crippen molar-refractivity contribution in [1.29, 1.82) is 0 Å². The first kappa shape index (κ1) is 12.7. The van der Waals surface area contributed by atoms with Crippen LogP contribution in [0.15, 0.2) is 16.7 Å². The van der Waals surface area contributed by atoms with Crippen LogP contribution in [-0.2, 0) is 17.9 Å². The van der Waals surface area contributed by atoms with Gasteiger partial charge in [-0.05, 0) is 24.9 Å². The standard InChI is InChI=1S/C14H23NO2/c1-2-15-10-13-7-9-17-14(13)11-16-8-6-12-4-3-5-12/h7,9,12,15H,2-6,8,10-11H2,1H3. The molecule has 1 aromatic heterocycles. The Morgan fingerprint density at radius 3 is 3.06 bits per heavy atom. The number of rotatable bonds is 8. The number of nitrogens with one attached hydrogen (secondary N) is 1. The summed E-state index contributed by atoms with van der Waals surface area (Å²) in [6.45, 7) is 5.43. The summed E-state index contributed by atoms with van der Waals surface area (Å²) in [5.74, 6) is 1.90. The molecule has 0 aliphatic heterocycles. The summed E-state index contributed by atoms with van der Waals surface area (Å²) < 4.78 is 11.1. The van der Waals surface area contributed by atoms with Gasteiger partial charge in [0.2, 0.25) is 0 Å². The van der Waals surface area contributed by atoms with E-state index in [4.69, 9.17) is 9.15 Å². The van der Waals surface area contributed by atoms with Crippen LogP contribution in [0.25, 0.3) is 0 Å². The van der Waals surface area contributed by atoms with E-state index >= 15 is 0 Å². The van der Waals surface area contributed by atoms with Crippen molar-refractivity contribution in [3.05, 3.63) is 23.7 Å². The highest BCUT2D eigenvalue weighted by Gasteiger charge is 2.16. The van der Waals surface area contributed by atoms with Crippen molar-refractivity contribution in [3.8, 4) is 0 Å². The van der Waals surface area contributed by atoms with Crippen molar-refractivity contribution in [1.82, 2.24) is 5.32 Å². The molecule has 96 valence electrons. The summed E-state index contributed by atoms with van der Waals surface area (Å²) >= 11 is 0. The van der Waals surface area contributed by atoms with Gasteiger partial charge in [-0.1, -0.05) is 26.2 Å². The van der Waals surface area contributed by atoms with Crippen LogP contribution >= 0.6 is 0 Å². The predicted octanol–water partition coefficient (Wildman–Crippen LogP) is 3.10. The van der Waals surface area contributed by atoms with Crippen LogP contribution in [0.5, 0.6) is 0 Å². The van der Waals surface area contributed by atoms with Gasteiger partial charge in [0.05, 0.1) is 6.26 Å². The van der Waals surface area contributed by atoms with Crippen molar-refractivity contribution in [2.75, 3.05) is 13.2 Å². The second-order valence-corrected chi connectivity index (χ2v) is 4.79. The topological polar surface area (TPSA) is 34.4 Å². The SMILES string of the molecule is CCNCc1ccoc1COCCC1CCC1. The quantitative estimate of drug-likeness (QED) is 0.705. The van der Waals surface area contributed by atoms with Crippen LogP contribution in [0.3, 0.4) is 0 Å². The molecule has 17 heavy (non-hydrogen) atoms. The molecule has 0 aromatic carbocycles. The van der Waals surface area contributed by atoms with Crippen LogP contribution in [0.4, 0.5) is 0 Å². The molecule has 0 unspecified atom stereocenters. The van der Waals surface area contributed by atoms with Gasteiger partial charge >= 0.3 is 0 Å². The van der Waals surface area contributed by atoms with E-state index in [0.29, 0.717) is 6.61 Å². The second-order valence-electron chi connectivity index (χ2n) is 4.79. The van der Waals surface area contributed by atoms with Gasteiger partial charge in [-0.25, -0.2) is 0 Å². The Balaban J connectivity index is 1.64. The molecule has 1 saturated carbocycles. The summed E-state index contributed by atoms with van der Waals surface area (Å²) in [5.41, 5.74) is 1.22. The Morgan fingerprint density at radius 2 is 2.35 bits per heavy atom. The third kappa shape index (κ3) is 3.86. The van der Waals surface area contributed by atoms with E-state index in [9.17, 15) is 0 Å². The van der Waals surface area contributed by atoms with Gasteiger partial charge in [0, 0.05) is 18.7 Å². The van der Waals surface area contributed by atoms with Gasteiger partial charge in [-0.2, -0.15) is 0 Å². The minimum Gasteiger partial charge on any atom is -0.467 e. The van der Waals surface area contributed by atoms with E-state index < -0.39 is 0 Å². The van der Waals surface area contributed by atoms with Gasteiger partial charge in [0.1, 0.15) is 12.4 Å². The minimum absolute atomic E-state index is 0.612. The van der Waals surface area contributed by atoms with Crippen LogP contribution < -0.4 is 5.32 Å². The Morgan fingerprint density at radius 1 is 1.47 bits per heavy atom. The monoisotopic (exact) mass is 237 g/mol. The van der Waals surface area contributed by atoms with E-state index in [0.717, 1.165) is 31.4 Å². The molecule has 0 spiro atoms. The molecule has 0 saturated heterocycles. The van der Waals surface area contributed by atoms with E-state index in [1.54, 1.807) is 6.26 Å². The Bertz CT molecular complexity index is 318. The summed E-state index contributed by atoms with van der Waals surface area (Å²) in [4.78, 5) is 0. The van der Waals surface area contributed by atoms with Gasteiger partial charge in [0.25, 0.3) is 0 Å². The normalized spacial score (nSPS) is 16.1. The number of furan rings is 1. The lowest BCUT2D eigenvalue weighted by Crippen LogP contribution is -2.14. The molecule has 0 bridgehead atoms. The Labute approximate surface area is 104 Å². The third-order valence-corrected chi connectivity index (χ3v) is 3.53. The van der Waals surface area contributed by atoms with Crippen molar-refractivity contribution in [2.24, 2.45) is 5.92 Å². The molecule has 1 heterocycles. The van der Waals surface area contributed by atoms with Crippen LogP contribution in [0.1, 0.15) is 43.9 Å². The molecule has 0 amide bonds. The highest BCUT2D eigenvalue weighted by atomic mass is 16.5. The summed E-state index contributed by atoms with van der Waals surface area (Å²) in [6.07, 6.45) is 7.17. The van der Waals surface area contributed by atoms with Gasteiger partial charge in [-0.15, -0.1) is 0 Å². The molecule has 1 N–H and O–H groups in total. The van der Waals surface area contributed by atoms with E-state index in [1.165, 1.54) is 31.2 Å². The lowest BCUT2D eigenvalue weighted by molar-refractivity contribution is 0.0830. The first-order valence-electron chi connectivity index (χ1n) is 6.74. The first-order chi connectivity index (χ1) is 8.40. The number of ether oxygens (including phenoxy) is 1. The van der Waals surface area contributed by atoms with Crippen LogP contribution in [0, 0.1) is 5.92 Å². The Hall–Kier alpha value is -0.800. The van der Waals surface area contributed by atoms with Gasteiger partial charge < -0.3 is 14.5 Å². The fraction of sp³-hybridized carbons (Fsp3) is 0.714. The van der Waals surface area contributed by atoms with E-state index in [2.05, 4.69) is 12.2 Å². The number of hydrogen-bond donors (Lipinski definition) is 1. The fourth-order valence-corrected chi connectivity index (χ4v) is 2.11. The van der Waals surface area contributed by atoms with Crippen molar-refractivity contribution >= 4 is 0 Å². The zero-order valence-electron chi connectivity index (χ0n) is 10.7. The van der Waals surface area contributed by atoms with E-state index in [-0.39, 0.29) is 0 Å². The maximum Gasteiger partial charge on any atom is 0.133 e. The zero-order chi connectivity index (χ0) is 11.9. The average Bonchev–Trinajstić information content (AvgIpc) is 2.71. The molecule has 3 heteroatoms. The van der Waals surface area contributed by atoms with Crippen LogP contribution in [0.2, 0.25) is 0 Å². The first-order valence-corrected chi connectivity index (χ1v) is 6.74. The smallest absolute Gasteiger partial charge is 0.133 e. The maximum atomic E-state index is 5.68. The summed E-state index contributed by atoms with van der Waals surface area (Å²) in [7, 11) is 0. The molecule has 0 atom stereocenters. The highest BCUT2D eigenvalue weighted by Crippen LogP contribution is 2.29. The lowest BCUT2D eigenvalue weighted by Gasteiger charge is -2.24. The van der Waals surface area contributed by atoms with E-state index in [1.807, 2.05) is 6.07 Å². The average molecular weight is 237 g/mol. The van der Waals surface area contributed by atoms with Gasteiger partial charge in [-0.3, -0.25) is 0 Å². The lowest BCUT2D eigenvalue weighted by atomic mass is 9.83. The van der Waals surface area contributed by atoms with Crippen LogP contribution in [-0.4, -0.2) is 13.2 Å². The zero-order valence-corrected chi connectivity index (χ0v) is 10.7. The fourth-order valence-electron chi connectivity index (χ4n) is 2.11. The molecule has 0 radical (unpaired) electrons. The molecule has 3 nitrogen and oxygen atoms in total. The molecule has 2 rings (SSSR count). The predicted molar refractivity (Wildman–Crippen MR) is 67.7 cm³/mol. The van der Waals surface area contributed by atoms with Crippen molar-refractivity contribution in [3.63, 3.8) is 0 Å². The summed E-state index contributed by atoms with van der Waals surface area (Å²) in [5, 5.41) is 3.30. The third-order valence-electron chi connectivity index (χ3n) is 3.53. The van der Waals surface area contributed by atoms with Crippen molar-refractivity contribution in [2.45, 2.75) is 45.8 Å². The number of hydrogen-bond acceptors (Lipinski definition) is 3. The summed E-state index contributed by atoms with van der Waals surface area (Å²) in [6, 6.07) is 2.02. The van der Waals surface area contributed by atoms with Crippen molar-refractivity contribution < 1.29 is 9.15 Å². The second kappa shape index (κ2) is 6.82. The molecular formula is C14H23NO2. The van der Waals surface area contributed by atoms with Gasteiger partial charge in [0.15, 0.2) is 0 Å². The molecule has 1 fully saturated rings. The molecule has 1 aromatic rings. The molecule has 1 aliphatic rings. The maximum absolute atomic E-state index is 5.68. The molecular weight excluding hydrogens is 214 g/mol. The largest absolute Gasteiger partial charge is 0.467 e. The Kier molecular flexibility index (Phi) is 5.08. The molecule has 1 aliphatic carbocycles. The highest BCUT2D eigenvalue weighted by molar-refractivity contribution is 5.15.